The van der Waals surface area contributed by atoms with Gasteiger partial charge in [-0.3, -0.25) is 9.59 Å². The van der Waals surface area contributed by atoms with Crippen molar-refractivity contribution in [3.63, 3.8) is 0 Å². The number of carbonyl (C=O) groups is 2. The second-order valence-corrected chi connectivity index (χ2v) is 20.7. The van der Waals surface area contributed by atoms with Crippen LogP contribution in [0.1, 0.15) is 271 Å². The highest BCUT2D eigenvalue weighted by Gasteiger charge is 2.44. The fraction of sp³-hybridized carbons (Fsp3) is 0.867. The third kappa shape index (κ3) is 39.9. The Morgan fingerprint density at radius 2 is 0.915 bits per heavy atom. The van der Waals surface area contributed by atoms with E-state index in [2.05, 4.69) is 43.5 Å². The first-order valence-electron chi connectivity index (χ1n) is 29.8. The molecule has 1 rings (SSSR count). The van der Waals surface area contributed by atoms with Crippen LogP contribution in [0.2, 0.25) is 0 Å². The van der Waals surface area contributed by atoms with Crippen molar-refractivity contribution < 1.29 is 49.3 Å². The lowest BCUT2D eigenvalue weighted by atomic mass is 9.99. The van der Waals surface area contributed by atoms with Crippen LogP contribution < -0.4 is 5.32 Å². The van der Waals surface area contributed by atoms with E-state index in [1.54, 1.807) is 6.08 Å². The molecule has 1 aliphatic heterocycles. The minimum atomic E-state index is -1.58. The summed E-state index contributed by atoms with van der Waals surface area (Å²) in [6.07, 6.45) is 51.0. The van der Waals surface area contributed by atoms with Crippen molar-refractivity contribution in [1.82, 2.24) is 5.32 Å². The van der Waals surface area contributed by atoms with Gasteiger partial charge in [0.05, 0.1) is 32.0 Å². The number of aliphatic hydroxyl groups excluding tert-OH is 5. The van der Waals surface area contributed by atoms with E-state index in [9.17, 15) is 35.1 Å². The summed E-state index contributed by atoms with van der Waals surface area (Å²) in [7, 11) is 0. The molecule has 1 amide bonds. The van der Waals surface area contributed by atoms with Crippen LogP contribution in [0.5, 0.6) is 0 Å². The molecule has 7 unspecified atom stereocenters. The largest absolute Gasteiger partial charge is 0.466 e. The molecule has 11 heteroatoms. The normalized spacial score (nSPS) is 19.3. The van der Waals surface area contributed by atoms with Crippen molar-refractivity contribution in [2.75, 3.05) is 19.8 Å². The molecule has 0 radical (unpaired) electrons. The van der Waals surface area contributed by atoms with Crippen molar-refractivity contribution >= 4 is 11.9 Å². The lowest BCUT2D eigenvalue weighted by Gasteiger charge is -2.40. The lowest BCUT2D eigenvalue weighted by molar-refractivity contribution is -0.302. The van der Waals surface area contributed by atoms with Gasteiger partial charge in [-0.05, 0) is 51.4 Å². The second-order valence-electron chi connectivity index (χ2n) is 20.7. The van der Waals surface area contributed by atoms with Gasteiger partial charge < -0.3 is 45.1 Å². The molecular formula is C60H111NO10. The van der Waals surface area contributed by atoms with Crippen LogP contribution in [-0.2, 0) is 23.8 Å². The van der Waals surface area contributed by atoms with E-state index < -0.39 is 49.5 Å². The van der Waals surface area contributed by atoms with E-state index in [0.717, 1.165) is 77.0 Å². The van der Waals surface area contributed by atoms with Gasteiger partial charge in [0.15, 0.2) is 6.29 Å². The smallest absolute Gasteiger partial charge is 0.305 e. The second kappa shape index (κ2) is 50.1. The maximum absolute atomic E-state index is 13.0. The molecule has 0 aromatic carbocycles. The first kappa shape index (κ1) is 66.9. The Hall–Kier alpha value is -2.12. The fourth-order valence-corrected chi connectivity index (χ4v) is 9.24. The van der Waals surface area contributed by atoms with Crippen molar-refractivity contribution in [2.45, 2.75) is 314 Å². The van der Waals surface area contributed by atoms with Gasteiger partial charge in [-0.15, -0.1) is 0 Å². The van der Waals surface area contributed by atoms with Gasteiger partial charge in [0, 0.05) is 12.8 Å². The first-order valence-corrected chi connectivity index (χ1v) is 29.8. The molecule has 1 heterocycles. The molecule has 416 valence electrons. The van der Waals surface area contributed by atoms with Crippen LogP contribution in [-0.4, -0.2) is 100 Å². The molecule has 1 fully saturated rings. The van der Waals surface area contributed by atoms with Crippen LogP contribution >= 0.6 is 0 Å². The van der Waals surface area contributed by atoms with Crippen LogP contribution in [0.4, 0.5) is 0 Å². The van der Waals surface area contributed by atoms with E-state index in [1.807, 2.05) is 6.08 Å². The van der Waals surface area contributed by atoms with E-state index in [0.29, 0.717) is 19.4 Å². The molecule has 0 bridgehead atoms. The minimum Gasteiger partial charge on any atom is -0.466 e. The number of esters is 1. The van der Waals surface area contributed by atoms with Crippen LogP contribution in [0.3, 0.4) is 0 Å². The Morgan fingerprint density at radius 1 is 0.507 bits per heavy atom. The van der Waals surface area contributed by atoms with Gasteiger partial charge in [0.25, 0.3) is 0 Å². The van der Waals surface area contributed by atoms with Crippen LogP contribution in [0.15, 0.2) is 36.5 Å². The number of hydrogen-bond donors (Lipinski definition) is 6. The standard InChI is InChI=1S/C60H111NO10/c1-3-5-7-9-11-13-26-30-34-38-42-46-53(63)52(51-70-60-59(68)58(67)57(66)54(50-62)71-60)61-55(64)47-43-39-35-31-28-24-22-20-18-16-15-17-19-21-23-25-29-33-37-41-45-49-69-56(65)48-44-40-36-32-27-14-12-10-8-6-4-2/h7,9,26,30,42,46,52-54,57-60,62-63,66-68H,3-6,8,10-25,27-29,31-41,43-45,47-51H2,1-2H3,(H,61,64)/b9-7+,30-26+,46-42+. The fourth-order valence-electron chi connectivity index (χ4n) is 9.24. The average molecular weight is 1010 g/mol. The molecule has 1 saturated heterocycles. The summed E-state index contributed by atoms with van der Waals surface area (Å²) in [6.45, 7) is 4.24. The Morgan fingerprint density at radius 3 is 1.37 bits per heavy atom. The third-order valence-corrected chi connectivity index (χ3v) is 14.0. The predicted octanol–water partition coefficient (Wildman–Crippen LogP) is 13.5. The summed E-state index contributed by atoms with van der Waals surface area (Å²) in [5.74, 6) is -0.201. The zero-order valence-corrected chi connectivity index (χ0v) is 45.7. The number of nitrogens with one attached hydrogen (secondary N) is 1. The molecule has 71 heavy (non-hydrogen) atoms. The molecule has 7 atom stereocenters. The highest BCUT2D eigenvalue weighted by molar-refractivity contribution is 5.76. The van der Waals surface area contributed by atoms with Crippen molar-refractivity contribution in [3.05, 3.63) is 36.5 Å². The summed E-state index contributed by atoms with van der Waals surface area (Å²) in [5, 5.41) is 54.2. The van der Waals surface area contributed by atoms with Gasteiger partial charge in [-0.25, -0.2) is 0 Å². The summed E-state index contributed by atoms with van der Waals surface area (Å²) in [5.41, 5.74) is 0. The van der Waals surface area contributed by atoms with E-state index in [1.165, 1.54) is 167 Å². The molecule has 0 aromatic rings. The summed E-state index contributed by atoms with van der Waals surface area (Å²) < 4.78 is 16.7. The van der Waals surface area contributed by atoms with Gasteiger partial charge in [0.2, 0.25) is 5.91 Å². The van der Waals surface area contributed by atoms with E-state index in [-0.39, 0.29) is 18.5 Å². The molecule has 0 aliphatic carbocycles. The number of carbonyl (C=O) groups excluding carboxylic acids is 2. The van der Waals surface area contributed by atoms with Gasteiger partial charge >= 0.3 is 5.97 Å². The summed E-state index contributed by atoms with van der Waals surface area (Å²) in [4.78, 5) is 25.0. The quantitative estimate of drug-likeness (QED) is 0.0195. The highest BCUT2D eigenvalue weighted by atomic mass is 16.7. The summed E-state index contributed by atoms with van der Waals surface area (Å²) in [6, 6.07) is -0.834. The molecule has 0 aromatic heterocycles. The van der Waals surface area contributed by atoms with Gasteiger partial charge in [-0.1, -0.05) is 243 Å². The SMILES string of the molecule is CCC/C=C/CC/C=C/CC/C=C/C(O)C(COC1OC(CO)C(O)C(O)C1O)NC(=O)CCCCCCCCCCCCCCCCCCCCCCCOC(=O)CCCCCCCCCCCCC. The van der Waals surface area contributed by atoms with Crippen molar-refractivity contribution in [3.8, 4) is 0 Å². The minimum absolute atomic E-state index is 0.00258. The maximum Gasteiger partial charge on any atom is 0.305 e. The molecular weight excluding hydrogens is 895 g/mol. The number of allylic oxidation sites excluding steroid dienone is 5. The predicted molar refractivity (Wildman–Crippen MR) is 292 cm³/mol. The molecule has 11 nitrogen and oxygen atoms in total. The number of ether oxygens (including phenoxy) is 3. The lowest BCUT2D eigenvalue weighted by Crippen LogP contribution is -2.60. The summed E-state index contributed by atoms with van der Waals surface area (Å²) >= 11 is 0. The van der Waals surface area contributed by atoms with Gasteiger partial charge in [0.1, 0.15) is 24.4 Å². The molecule has 1 aliphatic rings. The molecule has 0 saturated carbocycles. The number of rotatable bonds is 51. The Bertz CT molecular complexity index is 1280. The number of unbranched alkanes of at least 4 members (excludes halogenated alkanes) is 33. The average Bonchev–Trinajstić information content (AvgIpc) is 3.37. The van der Waals surface area contributed by atoms with Crippen molar-refractivity contribution in [1.29, 1.82) is 0 Å². The van der Waals surface area contributed by atoms with Crippen molar-refractivity contribution in [2.24, 2.45) is 0 Å². The molecule has 6 N–H and O–H groups in total. The molecule has 0 spiro atoms. The van der Waals surface area contributed by atoms with E-state index >= 15 is 0 Å². The topological polar surface area (TPSA) is 175 Å². The Kier molecular flexibility index (Phi) is 47.2. The number of aliphatic hydroxyl groups is 5. The Labute approximate surface area is 434 Å². The zero-order chi connectivity index (χ0) is 51.7. The third-order valence-electron chi connectivity index (χ3n) is 14.0. The highest BCUT2D eigenvalue weighted by Crippen LogP contribution is 2.23. The number of hydrogen-bond acceptors (Lipinski definition) is 10. The monoisotopic (exact) mass is 1010 g/mol. The van der Waals surface area contributed by atoms with Crippen LogP contribution in [0.25, 0.3) is 0 Å². The Balaban J connectivity index is 2.05. The van der Waals surface area contributed by atoms with Crippen LogP contribution in [0, 0.1) is 0 Å². The zero-order valence-electron chi connectivity index (χ0n) is 45.7. The maximum atomic E-state index is 13.0. The van der Waals surface area contributed by atoms with Gasteiger partial charge in [-0.2, -0.15) is 0 Å². The number of amides is 1. The first-order chi connectivity index (χ1) is 34.7. The van der Waals surface area contributed by atoms with E-state index in [4.69, 9.17) is 14.2 Å².